The van der Waals surface area contributed by atoms with Crippen molar-refractivity contribution in [1.29, 1.82) is 5.26 Å². The Balaban J connectivity index is 1.75. The lowest BCUT2D eigenvalue weighted by Crippen LogP contribution is -2.24. The highest BCUT2D eigenvalue weighted by Gasteiger charge is 2.35. The van der Waals surface area contributed by atoms with Gasteiger partial charge in [-0.25, -0.2) is 27.2 Å². The third-order valence-electron chi connectivity index (χ3n) is 7.62. The standard InChI is InChI=1S/C31H29F5N4O3S/c1-3-44(42,43)14-5-4-7-23(27(41)16-20-8-11-25(32)24(15-20)31(34,35)36)19(2)28-29(40-13-6-12-38-30(40)39-28)21-9-10-22(18-37)26(33)17-21/h6,8-13,15,17,19,23H,3-5,7,14,16H2,1-2H3/t19-,23?/m0/s1. The molecular weight excluding hydrogens is 603 g/mol. The zero-order valence-corrected chi connectivity index (χ0v) is 24.7. The molecule has 4 aromatic rings. The van der Waals surface area contributed by atoms with Gasteiger partial charge in [0.15, 0.2) is 0 Å². The Morgan fingerprint density at radius 3 is 2.50 bits per heavy atom. The minimum Gasteiger partial charge on any atom is -0.299 e. The average molecular weight is 633 g/mol. The highest BCUT2D eigenvalue weighted by Crippen LogP contribution is 2.38. The average Bonchev–Trinajstić information content (AvgIpc) is 3.37. The molecule has 0 N–H and O–H groups in total. The van der Waals surface area contributed by atoms with Gasteiger partial charge < -0.3 is 0 Å². The van der Waals surface area contributed by atoms with Crippen molar-refractivity contribution >= 4 is 21.4 Å². The third kappa shape index (κ3) is 7.30. The van der Waals surface area contributed by atoms with Crippen molar-refractivity contribution in [3.05, 3.63) is 88.9 Å². The maximum Gasteiger partial charge on any atom is 0.419 e. The van der Waals surface area contributed by atoms with Crippen molar-refractivity contribution in [3.8, 4) is 17.3 Å². The Morgan fingerprint density at radius 2 is 1.84 bits per heavy atom. The smallest absolute Gasteiger partial charge is 0.299 e. The fraction of sp³-hybridized carbons (Fsp3) is 0.355. The summed E-state index contributed by atoms with van der Waals surface area (Å²) >= 11 is 0. The summed E-state index contributed by atoms with van der Waals surface area (Å²) in [5.41, 5.74) is -0.534. The number of hydrogen-bond donors (Lipinski definition) is 0. The summed E-state index contributed by atoms with van der Waals surface area (Å²) in [6.45, 7) is 3.25. The number of sulfone groups is 1. The lowest BCUT2D eigenvalue weighted by atomic mass is 9.80. The first-order valence-electron chi connectivity index (χ1n) is 13.9. The zero-order chi connectivity index (χ0) is 32.2. The van der Waals surface area contributed by atoms with Crippen LogP contribution in [0.5, 0.6) is 0 Å². The van der Waals surface area contributed by atoms with Gasteiger partial charge in [0.1, 0.15) is 33.3 Å². The fourth-order valence-corrected chi connectivity index (χ4v) is 6.14. The first kappa shape index (κ1) is 32.7. The number of imidazole rings is 1. The highest BCUT2D eigenvalue weighted by molar-refractivity contribution is 7.91. The van der Waals surface area contributed by atoms with Crippen LogP contribution in [-0.4, -0.2) is 40.1 Å². The zero-order valence-electron chi connectivity index (χ0n) is 23.9. The van der Waals surface area contributed by atoms with Crippen molar-refractivity contribution in [1.82, 2.24) is 14.4 Å². The second-order valence-corrected chi connectivity index (χ2v) is 13.0. The predicted molar refractivity (Wildman–Crippen MR) is 153 cm³/mol. The highest BCUT2D eigenvalue weighted by atomic mass is 32.2. The van der Waals surface area contributed by atoms with Crippen LogP contribution >= 0.6 is 0 Å². The predicted octanol–water partition coefficient (Wildman–Crippen LogP) is 6.70. The molecule has 2 aromatic heterocycles. The number of benzene rings is 2. The van der Waals surface area contributed by atoms with E-state index < -0.39 is 57.3 Å². The van der Waals surface area contributed by atoms with Crippen LogP contribution in [0.25, 0.3) is 17.0 Å². The van der Waals surface area contributed by atoms with E-state index in [0.29, 0.717) is 35.5 Å². The second kappa shape index (κ2) is 13.2. The number of unbranched alkanes of at least 4 members (excludes halogenated alkanes) is 1. The van der Waals surface area contributed by atoms with E-state index in [1.54, 1.807) is 29.7 Å². The molecule has 4 rings (SSSR count). The van der Waals surface area contributed by atoms with Gasteiger partial charge in [0.05, 0.1) is 28.3 Å². The monoisotopic (exact) mass is 632 g/mol. The topological polar surface area (TPSA) is 105 Å². The van der Waals surface area contributed by atoms with Gasteiger partial charge >= 0.3 is 6.18 Å². The number of rotatable bonds is 12. The molecule has 0 saturated heterocycles. The number of Topliss-reactive ketones (excluding diaryl/α,β-unsaturated/α-hetero) is 1. The van der Waals surface area contributed by atoms with Crippen molar-refractivity contribution in [2.75, 3.05) is 11.5 Å². The van der Waals surface area contributed by atoms with Crippen LogP contribution in [0.1, 0.15) is 61.4 Å². The van der Waals surface area contributed by atoms with E-state index in [9.17, 15) is 40.4 Å². The molecule has 0 spiro atoms. The summed E-state index contributed by atoms with van der Waals surface area (Å²) in [5.74, 6) is -4.04. The molecule has 232 valence electrons. The van der Waals surface area contributed by atoms with E-state index in [4.69, 9.17) is 0 Å². The van der Waals surface area contributed by atoms with E-state index >= 15 is 0 Å². The van der Waals surface area contributed by atoms with Crippen LogP contribution in [0, 0.1) is 28.9 Å². The summed E-state index contributed by atoms with van der Waals surface area (Å²) in [4.78, 5) is 22.7. The minimum atomic E-state index is -4.95. The van der Waals surface area contributed by atoms with E-state index in [0.717, 1.165) is 6.07 Å². The molecule has 1 unspecified atom stereocenters. The Hall–Kier alpha value is -4.18. The molecule has 0 aliphatic carbocycles. The van der Waals surface area contributed by atoms with Gasteiger partial charge in [0, 0.05) is 42.0 Å². The van der Waals surface area contributed by atoms with Gasteiger partial charge in [-0.2, -0.15) is 18.4 Å². The van der Waals surface area contributed by atoms with Crippen LogP contribution in [0.2, 0.25) is 0 Å². The van der Waals surface area contributed by atoms with E-state index in [2.05, 4.69) is 9.97 Å². The SMILES string of the molecule is CCS(=O)(=O)CCCCC(C(=O)Cc1ccc(F)c(C(F)(F)F)c1)[C@H](C)c1nc2ncccn2c1-c1ccc(C#N)c(F)c1. The van der Waals surface area contributed by atoms with Gasteiger partial charge in [0.2, 0.25) is 5.78 Å². The minimum absolute atomic E-state index is 0.0273. The van der Waals surface area contributed by atoms with Crippen LogP contribution in [-0.2, 0) is 27.2 Å². The van der Waals surface area contributed by atoms with Gasteiger partial charge in [-0.15, -0.1) is 0 Å². The number of fused-ring (bicyclic) bond motifs is 1. The molecule has 0 amide bonds. The molecule has 2 atom stereocenters. The number of nitriles is 1. The van der Waals surface area contributed by atoms with Gasteiger partial charge in [0.25, 0.3) is 0 Å². The first-order valence-corrected chi connectivity index (χ1v) is 15.7. The maximum atomic E-state index is 14.7. The number of carbonyl (C=O) groups is 1. The molecule has 13 heteroatoms. The summed E-state index contributed by atoms with van der Waals surface area (Å²) in [7, 11) is -3.26. The number of ketones is 1. The van der Waals surface area contributed by atoms with Gasteiger partial charge in [-0.1, -0.05) is 32.4 Å². The molecule has 0 saturated carbocycles. The molecule has 44 heavy (non-hydrogen) atoms. The van der Waals surface area contributed by atoms with E-state index in [-0.39, 0.29) is 41.3 Å². The lowest BCUT2D eigenvalue weighted by Gasteiger charge is -2.23. The van der Waals surface area contributed by atoms with Crippen LogP contribution in [0.4, 0.5) is 22.0 Å². The number of nitrogens with zero attached hydrogens (tertiary/aromatic N) is 4. The molecule has 0 bridgehead atoms. The van der Waals surface area contributed by atoms with Crippen molar-refractivity contribution in [2.24, 2.45) is 5.92 Å². The summed E-state index contributed by atoms with van der Waals surface area (Å²) in [5, 5.41) is 9.18. The molecule has 0 aliphatic heterocycles. The fourth-order valence-electron chi connectivity index (χ4n) is 5.20. The number of aromatic nitrogens is 3. The second-order valence-electron chi connectivity index (χ2n) is 10.5. The van der Waals surface area contributed by atoms with Crippen molar-refractivity contribution in [3.63, 3.8) is 0 Å². The molecule has 0 aliphatic rings. The summed E-state index contributed by atoms with van der Waals surface area (Å²) in [6.07, 6.45) is -1.45. The lowest BCUT2D eigenvalue weighted by molar-refractivity contribution is -0.140. The number of halogens is 5. The molecule has 7 nitrogen and oxygen atoms in total. The van der Waals surface area contributed by atoms with Crippen LogP contribution < -0.4 is 0 Å². The third-order valence-corrected chi connectivity index (χ3v) is 9.41. The Bertz CT molecular complexity index is 1830. The van der Waals surface area contributed by atoms with Crippen LogP contribution in [0.15, 0.2) is 54.9 Å². The van der Waals surface area contributed by atoms with E-state index in [1.165, 1.54) is 31.3 Å². The Labute approximate surface area is 251 Å². The number of carbonyl (C=O) groups excluding carboxylic acids is 1. The Kier molecular flexibility index (Phi) is 9.83. The molecule has 0 radical (unpaired) electrons. The molecule has 0 fully saturated rings. The Morgan fingerprint density at radius 1 is 1.09 bits per heavy atom. The molecule has 2 heterocycles. The van der Waals surface area contributed by atoms with Gasteiger partial charge in [-0.05, 0) is 48.7 Å². The van der Waals surface area contributed by atoms with Crippen molar-refractivity contribution < 1.29 is 35.2 Å². The van der Waals surface area contributed by atoms with Gasteiger partial charge in [-0.3, -0.25) is 9.20 Å². The molecule has 2 aromatic carbocycles. The molecular formula is C31H29F5N4O3S. The first-order chi connectivity index (χ1) is 20.8. The van der Waals surface area contributed by atoms with Crippen molar-refractivity contribution in [2.45, 2.75) is 51.6 Å². The summed E-state index contributed by atoms with van der Waals surface area (Å²) < 4.78 is 94.3. The summed E-state index contributed by atoms with van der Waals surface area (Å²) in [6, 6.07) is 9.84. The normalized spacial score (nSPS) is 13.5. The largest absolute Gasteiger partial charge is 0.419 e. The quantitative estimate of drug-likeness (QED) is 0.127. The number of hydrogen-bond acceptors (Lipinski definition) is 6. The van der Waals surface area contributed by atoms with Crippen LogP contribution in [0.3, 0.4) is 0 Å². The van der Waals surface area contributed by atoms with E-state index in [1.807, 2.05) is 0 Å². The maximum absolute atomic E-state index is 14.7. The number of alkyl halides is 3.